The Labute approximate surface area is 206 Å². The molecule has 2 aromatic carbocycles. The predicted octanol–water partition coefficient (Wildman–Crippen LogP) is 4.70. The van der Waals surface area contributed by atoms with Crippen LogP contribution in [0.25, 0.3) is 11.1 Å². The molecule has 3 N–H and O–H groups in total. The van der Waals surface area contributed by atoms with Gasteiger partial charge in [0.15, 0.2) is 0 Å². The van der Waals surface area contributed by atoms with Crippen LogP contribution in [0.2, 0.25) is 0 Å². The third-order valence-corrected chi connectivity index (χ3v) is 7.49. The molecule has 0 bridgehead atoms. The summed E-state index contributed by atoms with van der Waals surface area (Å²) >= 11 is 0. The van der Waals surface area contributed by atoms with Crippen LogP contribution in [0.4, 0.5) is 4.79 Å². The average Bonchev–Trinajstić information content (AvgIpc) is 3.15. The van der Waals surface area contributed by atoms with Gasteiger partial charge in [-0.3, -0.25) is 9.59 Å². The number of fused-ring (bicyclic) bond motifs is 3. The van der Waals surface area contributed by atoms with E-state index in [4.69, 9.17) is 9.84 Å². The number of rotatable bonds is 8. The van der Waals surface area contributed by atoms with Gasteiger partial charge >= 0.3 is 12.1 Å². The van der Waals surface area contributed by atoms with E-state index in [2.05, 4.69) is 41.8 Å². The van der Waals surface area contributed by atoms with Crippen molar-refractivity contribution in [1.29, 1.82) is 0 Å². The van der Waals surface area contributed by atoms with E-state index in [1.165, 1.54) is 11.1 Å². The lowest BCUT2D eigenvalue weighted by Gasteiger charge is -2.38. The summed E-state index contributed by atoms with van der Waals surface area (Å²) in [6.45, 7) is 4.23. The zero-order chi connectivity index (χ0) is 25.0. The van der Waals surface area contributed by atoms with Crippen molar-refractivity contribution < 1.29 is 24.2 Å². The number of amides is 2. The van der Waals surface area contributed by atoms with E-state index >= 15 is 0 Å². The molecule has 2 aliphatic carbocycles. The third kappa shape index (κ3) is 5.50. The molecule has 0 aliphatic heterocycles. The number of nitrogens with one attached hydrogen (secondary N) is 2. The van der Waals surface area contributed by atoms with Gasteiger partial charge in [-0.1, -0.05) is 55.5 Å². The fourth-order valence-electron chi connectivity index (χ4n) is 5.38. The third-order valence-electron chi connectivity index (χ3n) is 7.49. The molecular formula is C28H34N2O5. The van der Waals surface area contributed by atoms with Gasteiger partial charge in [0.25, 0.3) is 0 Å². The van der Waals surface area contributed by atoms with E-state index in [0.717, 1.165) is 24.0 Å². The Morgan fingerprint density at radius 1 is 1.03 bits per heavy atom. The fourth-order valence-corrected chi connectivity index (χ4v) is 5.38. The van der Waals surface area contributed by atoms with Gasteiger partial charge in [-0.25, -0.2) is 4.79 Å². The molecule has 35 heavy (non-hydrogen) atoms. The van der Waals surface area contributed by atoms with Gasteiger partial charge in [-0.2, -0.15) is 0 Å². The van der Waals surface area contributed by atoms with Crippen LogP contribution in [0.3, 0.4) is 0 Å². The number of hydrogen-bond donors (Lipinski definition) is 3. The number of ether oxygens (including phenoxy) is 1. The van der Waals surface area contributed by atoms with Crippen molar-refractivity contribution in [2.24, 2.45) is 11.3 Å². The molecule has 2 amide bonds. The molecule has 0 saturated heterocycles. The number of carboxylic acids is 1. The molecule has 7 nitrogen and oxygen atoms in total. The van der Waals surface area contributed by atoms with Crippen molar-refractivity contribution in [2.75, 3.05) is 13.2 Å². The largest absolute Gasteiger partial charge is 0.481 e. The summed E-state index contributed by atoms with van der Waals surface area (Å²) in [6.07, 6.45) is 2.36. The second-order valence-electron chi connectivity index (χ2n) is 10.1. The van der Waals surface area contributed by atoms with Crippen molar-refractivity contribution in [3.05, 3.63) is 59.7 Å². The normalized spacial score (nSPS) is 21.9. The van der Waals surface area contributed by atoms with Crippen molar-refractivity contribution >= 4 is 18.0 Å². The minimum atomic E-state index is -0.958. The second-order valence-corrected chi connectivity index (χ2v) is 10.1. The molecule has 1 fully saturated rings. The summed E-state index contributed by atoms with van der Waals surface area (Å²) in [5, 5.41) is 14.7. The van der Waals surface area contributed by atoms with Gasteiger partial charge in [0, 0.05) is 18.5 Å². The van der Waals surface area contributed by atoms with E-state index in [0.29, 0.717) is 18.8 Å². The second kappa shape index (κ2) is 10.5. The van der Waals surface area contributed by atoms with Crippen molar-refractivity contribution in [3.63, 3.8) is 0 Å². The highest BCUT2D eigenvalue weighted by Gasteiger charge is 2.42. The van der Waals surface area contributed by atoms with Crippen molar-refractivity contribution in [3.8, 4) is 11.1 Å². The number of benzene rings is 2. The van der Waals surface area contributed by atoms with E-state index in [1.54, 1.807) is 6.92 Å². The fraction of sp³-hybridized carbons (Fsp3) is 0.464. The first-order valence-electron chi connectivity index (χ1n) is 12.4. The lowest BCUT2D eigenvalue weighted by molar-refractivity contribution is -0.138. The molecule has 0 heterocycles. The highest BCUT2D eigenvalue weighted by Crippen LogP contribution is 2.44. The maximum Gasteiger partial charge on any atom is 0.407 e. The van der Waals surface area contributed by atoms with Gasteiger partial charge in [-0.05, 0) is 60.8 Å². The number of alkyl carbamates (subject to hydrolysis) is 1. The minimum absolute atomic E-state index is 0.0298. The molecule has 0 aromatic heterocycles. The zero-order valence-corrected chi connectivity index (χ0v) is 20.4. The Bertz CT molecular complexity index is 1040. The topological polar surface area (TPSA) is 105 Å². The maximum absolute atomic E-state index is 13.2. The number of aliphatic carboxylic acids is 1. The molecule has 186 valence electrons. The van der Waals surface area contributed by atoms with E-state index in [1.807, 2.05) is 24.3 Å². The first kappa shape index (κ1) is 24.8. The standard InChI is InChI=1S/C28H34N2O5/c1-18-11-13-28(14-12-18,26(33)30-19(2)15-25(31)32)17-29-27(34)35-16-24-22-9-5-3-7-20(22)21-8-4-6-10-23(21)24/h3-10,18-19,24H,11-17H2,1-2H3,(H,29,34)(H,30,33)(H,31,32)/t18?,19-,28?/m1/s1. The van der Waals surface area contributed by atoms with Crippen LogP contribution >= 0.6 is 0 Å². The quantitative estimate of drug-likeness (QED) is 0.510. The Balaban J connectivity index is 1.39. The highest BCUT2D eigenvalue weighted by molar-refractivity contribution is 5.84. The number of carbonyl (C=O) groups excluding carboxylic acids is 2. The average molecular weight is 479 g/mol. The van der Waals surface area contributed by atoms with Crippen LogP contribution < -0.4 is 10.6 Å². The predicted molar refractivity (Wildman–Crippen MR) is 133 cm³/mol. The lowest BCUT2D eigenvalue weighted by Crippen LogP contribution is -2.52. The summed E-state index contributed by atoms with van der Waals surface area (Å²) in [6, 6.07) is 15.9. The first-order valence-corrected chi connectivity index (χ1v) is 12.4. The summed E-state index contributed by atoms with van der Waals surface area (Å²) in [5.41, 5.74) is 3.86. The number of carboxylic acid groups (broad SMARTS) is 1. The molecule has 1 saturated carbocycles. The maximum atomic E-state index is 13.2. The van der Waals surface area contributed by atoms with Crippen LogP contribution in [-0.4, -0.2) is 42.3 Å². The number of carbonyl (C=O) groups is 3. The van der Waals surface area contributed by atoms with Gasteiger partial charge in [0.05, 0.1) is 11.8 Å². The van der Waals surface area contributed by atoms with Crippen LogP contribution in [-0.2, 0) is 14.3 Å². The zero-order valence-electron chi connectivity index (χ0n) is 20.4. The SMILES string of the molecule is CC1CCC(CNC(=O)OCC2c3ccccc3-c3ccccc32)(C(=O)N[C@H](C)CC(=O)O)CC1. The van der Waals surface area contributed by atoms with E-state index < -0.39 is 23.5 Å². The van der Waals surface area contributed by atoms with Gasteiger partial charge < -0.3 is 20.5 Å². The van der Waals surface area contributed by atoms with Crippen molar-refractivity contribution in [1.82, 2.24) is 10.6 Å². The van der Waals surface area contributed by atoms with Gasteiger partial charge in [-0.15, -0.1) is 0 Å². The molecule has 4 rings (SSSR count). The highest BCUT2D eigenvalue weighted by atomic mass is 16.5. The van der Waals surface area contributed by atoms with E-state index in [-0.39, 0.29) is 31.4 Å². The monoisotopic (exact) mass is 478 g/mol. The van der Waals surface area contributed by atoms with Crippen LogP contribution in [0.5, 0.6) is 0 Å². The van der Waals surface area contributed by atoms with Crippen LogP contribution in [0, 0.1) is 11.3 Å². The Kier molecular flexibility index (Phi) is 7.43. The van der Waals surface area contributed by atoms with Gasteiger partial charge in [0.1, 0.15) is 6.61 Å². The van der Waals surface area contributed by atoms with E-state index in [9.17, 15) is 14.4 Å². The summed E-state index contributed by atoms with van der Waals surface area (Å²) < 4.78 is 5.65. The summed E-state index contributed by atoms with van der Waals surface area (Å²) in [5.74, 6) is -0.669. The summed E-state index contributed by atoms with van der Waals surface area (Å²) in [7, 11) is 0. The van der Waals surface area contributed by atoms with Crippen LogP contribution in [0.15, 0.2) is 48.5 Å². The molecule has 0 unspecified atom stereocenters. The Hall–Kier alpha value is -3.35. The minimum Gasteiger partial charge on any atom is -0.481 e. The molecule has 7 heteroatoms. The molecule has 2 aliphatic rings. The molecule has 0 radical (unpaired) electrons. The smallest absolute Gasteiger partial charge is 0.407 e. The lowest BCUT2D eigenvalue weighted by atomic mass is 9.70. The molecule has 0 spiro atoms. The number of hydrogen-bond acceptors (Lipinski definition) is 4. The first-order chi connectivity index (χ1) is 16.8. The van der Waals surface area contributed by atoms with Crippen molar-refractivity contribution in [2.45, 2.75) is 57.9 Å². The molecular weight excluding hydrogens is 444 g/mol. The van der Waals surface area contributed by atoms with Crippen LogP contribution in [0.1, 0.15) is 63.0 Å². The molecule has 2 aromatic rings. The molecule has 1 atom stereocenters. The Morgan fingerprint density at radius 2 is 1.60 bits per heavy atom. The Morgan fingerprint density at radius 3 is 2.17 bits per heavy atom. The van der Waals surface area contributed by atoms with Gasteiger partial charge in [0.2, 0.25) is 5.91 Å². The summed E-state index contributed by atoms with van der Waals surface area (Å²) in [4.78, 5) is 36.9.